The van der Waals surface area contributed by atoms with Crippen molar-refractivity contribution in [3.63, 3.8) is 0 Å². The Morgan fingerprint density at radius 2 is 2.15 bits per heavy atom. The Morgan fingerprint density at radius 1 is 1.46 bits per heavy atom. The molecular formula is C10H17NO2. The van der Waals surface area contributed by atoms with Crippen molar-refractivity contribution < 1.29 is 9.90 Å². The van der Waals surface area contributed by atoms with Crippen LogP contribution in [0.3, 0.4) is 0 Å². The third kappa shape index (κ3) is 3.19. The summed E-state index contributed by atoms with van der Waals surface area (Å²) in [5, 5.41) is 9.24. The molecule has 1 saturated carbocycles. The molecule has 1 amide bonds. The Balaban J connectivity index is 2.36. The summed E-state index contributed by atoms with van der Waals surface area (Å²) in [6.07, 6.45) is 6.02. The Bertz CT molecular complexity index is 211. The van der Waals surface area contributed by atoms with Gasteiger partial charge in [0.2, 0.25) is 5.91 Å². The van der Waals surface area contributed by atoms with Gasteiger partial charge in [0.1, 0.15) is 0 Å². The van der Waals surface area contributed by atoms with Crippen LogP contribution in [0.15, 0.2) is 12.2 Å². The van der Waals surface area contributed by atoms with E-state index in [2.05, 4.69) is 0 Å². The number of rotatable bonds is 2. The van der Waals surface area contributed by atoms with Crippen LogP contribution in [0.4, 0.5) is 0 Å². The van der Waals surface area contributed by atoms with Gasteiger partial charge < -0.3 is 10.0 Å². The number of hydrogen-bond donors (Lipinski definition) is 1. The van der Waals surface area contributed by atoms with Gasteiger partial charge in [0, 0.05) is 14.1 Å². The van der Waals surface area contributed by atoms with Crippen molar-refractivity contribution in [3.8, 4) is 0 Å². The number of carbonyl (C=O) groups is 1. The predicted octanol–water partition coefficient (Wildman–Crippen LogP) is 0.792. The predicted molar refractivity (Wildman–Crippen MR) is 51.2 cm³/mol. The second-order valence-electron chi connectivity index (χ2n) is 3.82. The van der Waals surface area contributed by atoms with Crippen molar-refractivity contribution in [3.05, 3.63) is 12.2 Å². The molecule has 1 fully saturated rings. The molecule has 2 unspecified atom stereocenters. The maximum absolute atomic E-state index is 11.2. The zero-order valence-electron chi connectivity index (χ0n) is 8.23. The largest absolute Gasteiger partial charge is 0.393 e. The lowest BCUT2D eigenvalue weighted by molar-refractivity contribution is -0.123. The summed E-state index contributed by atoms with van der Waals surface area (Å²) in [7, 11) is 3.46. The summed E-state index contributed by atoms with van der Waals surface area (Å²) in [5.74, 6) is 0.403. The highest BCUT2D eigenvalue weighted by molar-refractivity contribution is 5.87. The van der Waals surface area contributed by atoms with Crippen molar-refractivity contribution in [1.29, 1.82) is 0 Å². The van der Waals surface area contributed by atoms with Gasteiger partial charge in [-0.05, 0) is 31.3 Å². The molecule has 2 atom stereocenters. The standard InChI is InChI=1S/C10H17NO2/c1-11(2)10(13)6-4-8-3-5-9(12)7-8/h4,6,8-9,12H,3,5,7H2,1-2H3/b6-4+. The number of allylic oxidation sites excluding steroid dienone is 1. The lowest BCUT2D eigenvalue weighted by Crippen LogP contribution is -2.19. The first-order valence-electron chi connectivity index (χ1n) is 4.67. The van der Waals surface area contributed by atoms with E-state index >= 15 is 0 Å². The van der Waals surface area contributed by atoms with Crippen LogP contribution in [0.1, 0.15) is 19.3 Å². The zero-order valence-corrected chi connectivity index (χ0v) is 8.23. The molecule has 13 heavy (non-hydrogen) atoms. The number of carbonyl (C=O) groups excluding carboxylic acids is 1. The van der Waals surface area contributed by atoms with Crippen LogP contribution in [0.2, 0.25) is 0 Å². The number of aliphatic hydroxyl groups is 1. The Kier molecular flexibility index (Phi) is 3.48. The highest BCUT2D eigenvalue weighted by Crippen LogP contribution is 2.26. The zero-order chi connectivity index (χ0) is 9.84. The van der Waals surface area contributed by atoms with Gasteiger partial charge in [-0.15, -0.1) is 0 Å². The van der Waals surface area contributed by atoms with Gasteiger partial charge >= 0.3 is 0 Å². The molecule has 0 aromatic rings. The van der Waals surface area contributed by atoms with Crippen LogP contribution in [0.25, 0.3) is 0 Å². The fraction of sp³-hybridized carbons (Fsp3) is 0.700. The Labute approximate surface area is 79.0 Å². The third-order valence-corrected chi connectivity index (χ3v) is 2.40. The molecule has 1 aliphatic rings. The quantitative estimate of drug-likeness (QED) is 0.643. The van der Waals surface area contributed by atoms with E-state index in [0.29, 0.717) is 5.92 Å². The first-order chi connectivity index (χ1) is 6.09. The van der Waals surface area contributed by atoms with Gasteiger partial charge in [0.15, 0.2) is 0 Å². The van der Waals surface area contributed by atoms with Gasteiger partial charge in [0.05, 0.1) is 6.10 Å². The summed E-state index contributed by atoms with van der Waals surface area (Å²) in [5.41, 5.74) is 0. The summed E-state index contributed by atoms with van der Waals surface area (Å²) in [6, 6.07) is 0. The number of hydrogen-bond acceptors (Lipinski definition) is 2. The Hall–Kier alpha value is -0.830. The molecule has 0 aromatic carbocycles. The lowest BCUT2D eigenvalue weighted by Gasteiger charge is -2.06. The van der Waals surface area contributed by atoms with Crippen LogP contribution in [-0.2, 0) is 4.79 Å². The van der Waals surface area contributed by atoms with Crippen LogP contribution >= 0.6 is 0 Å². The molecule has 1 aliphatic carbocycles. The van der Waals surface area contributed by atoms with E-state index in [-0.39, 0.29) is 12.0 Å². The van der Waals surface area contributed by atoms with Gasteiger partial charge in [-0.2, -0.15) is 0 Å². The van der Waals surface area contributed by atoms with E-state index < -0.39 is 0 Å². The highest BCUT2D eigenvalue weighted by Gasteiger charge is 2.20. The minimum atomic E-state index is -0.163. The van der Waals surface area contributed by atoms with Crippen molar-refractivity contribution in [1.82, 2.24) is 4.90 Å². The molecule has 0 heterocycles. The molecule has 0 aliphatic heterocycles. The van der Waals surface area contributed by atoms with Gasteiger partial charge in [-0.3, -0.25) is 4.79 Å². The van der Waals surface area contributed by atoms with E-state index in [4.69, 9.17) is 0 Å². The SMILES string of the molecule is CN(C)C(=O)/C=C/C1CCC(O)C1. The topological polar surface area (TPSA) is 40.5 Å². The average Bonchev–Trinajstić information content (AvgIpc) is 2.47. The maximum atomic E-state index is 11.2. The molecule has 3 heteroatoms. The van der Waals surface area contributed by atoms with Crippen molar-refractivity contribution >= 4 is 5.91 Å². The monoisotopic (exact) mass is 183 g/mol. The molecule has 74 valence electrons. The molecule has 0 aromatic heterocycles. The first kappa shape index (κ1) is 10.3. The van der Waals surface area contributed by atoms with Gasteiger partial charge in [-0.1, -0.05) is 6.08 Å². The second-order valence-corrected chi connectivity index (χ2v) is 3.82. The number of amides is 1. The summed E-state index contributed by atoms with van der Waals surface area (Å²) < 4.78 is 0. The molecule has 0 saturated heterocycles. The molecule has 0 radical (unpaired) electrons. The van der Waals surface area contributed by atoms with Crippen LogP contribution in [-0.4, -0.2) is 36.1 Å². The first-order valence-corrected chi connectivity index (χ1v) is 4.67. The molecule has 0 spiro atoms. The fourth-order valence-electron chi connectivity index (χ4n) is 1.53. The fourth-order valence-corrected chi connectivity index (χ4v) is 1.53. The van der Waals surface area contributed by atoms with E-state index in [1.165, 1.54) is 0 Å². The average molecular weight is 183 g/mol. The van der Waals surface area contributed by atoms with E-state index in [9.17, 15) is 9.90 Å². The van der Waals surface area contributed by atoms with Crippen molar-refractivity contribution in [2.75, 3.05) is 14.1 Å². The summed E-state index contributed by atoms with van der Waals surface area (Å²) in [6.45, 7) is 0. The Morgan fingerprint density at radius 3 is 2.62 bits per heavy atom. The second kappa shape index (κ2) is 4.42. The third-order valence-electron chi connectivity index (χ3n) is 2.40. The minimum Gasteiger partial charge on any atom is -0.393 e. The highest BCUT2D eigenvalue weighted by atomic mass is 16.3. The van der Waals surface area contributed by atoms with Gasteiger partial charge in [-0.25, -0.2) is 0 Å². The summed E-state index contributed by atoms with van der Waals surface area (Å²) >= 11 is 0. The van der Waals surface area contributed by atoms with Crippen LogP contribution < -0.4 is 0 Å². The smallest absolute Gasteiger partial charge is 0.245 e. The lowest BCUT2D eigenvalue weighted by atomic mass is 10.1. The summed E-state index contributed by atoms with van der Waals surface area (Å²) in [4.78, 5) is 12.7. The number of likely N-dealkylation sites (N-methyl/N-ethyl adjacent to an activating group) is 1. The molecule has 3 nitrogen and oxygen atoms in total. The van der Waals surface area contributed by atoms with E-state index in [1.807, 2.05) is 6.08 Å². The van der Waals surface area contributed by atoms with Gasteiger partial charge in [0.25, 0.3) is 0 Å². The number of nitrogens with zero attached hydrogens (tertiary/aromatic N) is 1. The van der Waals surface area contributed by atoms with Crippen molar-refractivity contribution in [2.24, 2.45) is 5.92 Å². The minimum absolute atomic E-state index is 0.0152. The maximum Gasteiger partial charge on any atom is 0.245 e. The van der Waals surface area contributed by atoms with E-state index in [1.54, 1.807) is 25.1 Å². The number of aliphatic hydroxyl groups excluding tert-OH is 1. The normalized spacial score (nSPS) is 28.2. The van der Waals surface area contributed by atoms with Crippen molar-refractivity contribution in [2.45, 2.75) is 25.4 Å². The van der Waals surface area contributed by atoms with Crippen LogP contribution in [0, 0.1) is 5.92 Å². The van der Waals surface area contributed by atoms with E-state index in [0.717, 1.165) is 19.3 Å². The molecule has 0 bridgehead atoms. The molecular weight excluding hydrogens is 166 g/mol. The van der Waals surface area contributed by atoms with Crippen LogP contribution in [0.5, 0.6) is 0 Å². The molecule has 1 N–H and O–H groups in total. The molecule has 1 rings (SSSR count).